The van der Waals surface area contributed by atoms with Crippen molar-refractivity contribution in [1.29, 1.82) is 0 Å². The average molecular weight is 190 g/mol. The molecule has 4 heteroatoms. The van der Waals surface area contributed by atoms with Crippen molar-refractivity contribution in [2.75, 3.05) is 6.54 Å². The number of hydrogen-bond acceptors (Lipinski definition) is 2. The van der Waals surface area contributed by atoms with Crippen LogP contribution in [0.3, 0.4) is 0 Å². The van der Waals surface area contributed by atoms with Crippen LogP contribution in [0.4, 0.5) is 0 Å². The molecule has 0 fully saturated rings. The first-order chi connectivity index (χ1) is 6.83. The molecule has 0 radical (unpaired) electrons. The smallest absolute Gasteiger partial charge is 0.0272 e. The van der Waals surface area contributed by atoms with Gasteiger partial charge in [0.1, 0.15) is 0 Å². The third kappa shape index (κ3) is 3.94. The highest BCUT2D eigenvalue weighted by molar-refractivity contribution is 5.15. The van der Waals surface area contributed by atoms with Crippen molar-refractivity contribution < 1.29 is 0 Å². The minimum absolute atomic E-state index is 0.0721. The van der Waals surface area contributed by atoms with E-state index in [4.69, 9.17) is 11.3 Å². The first-order valence-corrected chi connectivity index (χ1v) is 4.63. The van der Waals surface area contributed by atoms with Crippen LogP contribution in [0.1, 0.15) is 12.0 Å². The molecule has 4 nitrogen and oxygen atoms in total. The second-order valence-corrected chi connectivity index (χ2v) is 3.19. The predicted octanol–water partition coefficient (Wildman–Crippen LogP) is 2.26. The van der Waals surface area contributed by atoms with Crippen molar-refractivity contribution in [2.45, 2.75) is 18.9 Å². The van der Waals surface area contributed by atoms with Crippen molar-refractivity contribution >= 4 is 0 Å². The summed E-state index contributed by atoms with van der Waals surface area (Å²) in [4.78, 5) is 2.68. The zero-order valence-corrected chi connectivity index (χ0v) is 8.00. The molecule has 74 valence electrons. The largest absolute Gasteiger partial charge is 0.327 e. The van der Waals surface area contributed by atoms with Gasteiger partial charge < -0.3 is 5.73 Å². The molecule has 0 aliphatic heterocycles. The summed E-state index contributed by atoms with van der Waals surface area (Å²) in [5.74, 6) is 0. The average Bonchev–Trinajstić information content (AvgIpc) is 2.20. The number of azide groups is 1. The highest BCUT2D eigenvalue weighted by atomic mass is 15.1. The molecule has 0 bridgehead atoms. The van der Waals surface area contributed by atoms with Gasteiger partial charge in [0.25, 0.3) is 0 Å². The fraction of sp³-hybridized carbons (Fsp3) is 0.400. The standard InChI is InChI=1S/C10H14N4/c11-10(6-7-13-14-12)8-9-4-2-1-3-5-9/h1-5,10H,6-8,11H2. The molecule has 1 rings (SSSR count). The maximum Gasteiger partial charge on any atom is 0.0272 e. The third-order valence-corrected chi connectivity index (χ3v) is 2.00. The lowest BCUT2D eigenvalue weighted by molar-refractivity contribution is 0.618. The van der Waals surface area contributed by atoms with Gasteiger partial charge in [-0.25, -0.2) is 0 Å². The molecule has 0 aromatic heterocycles. The fourth-order valence-electron chi connectivity index (χ4n) is 1.29. The summed E-state index contributed by atoms with van der Waals surface area (Å²) < 4.78 is 0. The molecule has 0 saturated heterocycles. The van der Waals surface area contributed by atoms with E-state index in [0.29, 0.717) is 6.54 Å². The van der Waals surface area contributed by atoms with E-state index >= 15 is 0 Å². The molecule has 0 heterocycles. The molecule has 1 atom stereocenters. The van der Waals surface area contributed by atoms with Gasteiger partial charge in [0.05, 0.1) is 0 Å². The molecule has 0 spiro atoms. The predicted molar refractivity (Wildman–Crippen MR) is 56.8 cm³/mol. The van der Waals surface area contributed by atoms with E-state index in [-0.39, 0.29) is 6.04 Å². The van der Waals surface area contributed by atoms with E-state index in [9.17, 15) is 0 Å². The maximum atomic E-state index is 8.09. The molecule has 2 N–H and O–H groups in total. The Balaban J connectivity index is 2.33. The maximum absolute atomic E-state index is 8.09. The molecular weight excluding hydrogens is 176 g/mol. The number of benzene rings is 1. The number of hydrogen-bond donors (Lipinski definition) is 1. The van der Waals surface area contributed by atoms with Crippen molar-refractivity contribution in [1.82, 2.24) is 0 Å². The zero-order chi connectivity index (χ0) is 10.2. The molecule has 0 aliphatic rings. The highest BCUT2D eigenvalue weighted by Crippen LogP contribution is 2.03. The van der Waals surface area contributed by atoms with Gasteiger partial charge in [-0.2, -0.15) is 0 Å². The molecule has 1 aromatic carbocycles. The summed E-state index contributed by atoms with van der Waals surface area (Å²) in [7, 11) is 0. The topological polar surface area (TPSA) is 74.8 Å². The Morgan fingerprint density at radius 1 is 1.36 bits per heavy atom. The van der Waals surface area contributed by atoms with Gasteiger partial charge in [0, 0.05) is 17.5 Å². The first kappa shape index (κ1) is 10.6. The van der Waals surface area contributed by atoms with E-state index in [1.165, 1.54) is 5.56 Å². The Morgan fingerprint density at radius 3 is 2.71 bits per heavy atom. The van der Waals surface area contributed by atoms with Gasteiger partial charge in [-0.15, -0.1) is 0 Å². The normalized spacial score (nSPS) is 11.8. The van der Waals surface area contributed by atoms with Crippen molar-refractivity contribution in [3.63, 3.8) is 0 Å². The van der Waals surface area contributed by atoms with Crippen LogP contribution >= 0.6 is 0 Å². The summed E-state index contributed by atoms with van der Waals surface area (Å²) in [6.45, 7) is 0.477. The van der Waals surface area contributed by atoms with Crippen LogP contribution in [0.25, 0.3) is 10.4 Å². The van der Waals surface area contributed by atoms with E-state index in [2.05, 4.69) is 10.0 Å². The van der Waals surface area contributed by atoms with Gasteiger partial charge in [0.15, 0.2) is 0 Å². The van der Waals surface area contributed by atoms with Crippen LogP contribution in [0.2, 0.25) is 0 Å². The van der Waals surface area contributed by atoms with Gasteiger partial charge in [-0.3, -0.25) is 0 Å². The SMILES string of the molecule is [N-]=[N+]=NCCC(N)Cc1ccccc1. The van der Waals surface area contributed by atoms with Crippen molar-refractivity contribution in [2.24, 2.45) is 10.8 Å². The number of nitrogens with two attached hydrogens (primary N) is 1. The van der Waals surface area contributed by atoms with E-state index < -0.39 is 0 Å². The Labute approximate surface area is 83.4 Å². The lowest BCUT2D eigenvalue weighted by atomic mass is 10.0. The van der Waals surface area contributed by atoms with E-state index in [1.54, 1.807) is 0 Å². The summed E-state index contributed by atoms with van der Waals surface area (Å²) >= 11 is 0. The van der Waals surface area contributed by atoms with Crippen LogP contribution < -0.4 is 5.73 Å². The van der Waals surface area contributed by atoms with Gasteiger partial charge in [0.2, 0.25) is 0 Å². The second kappa shape index (κ2) is 6.02. The third-order valence-electron chi connectivity index (χ3n) is 2.00. The Hall–Kier alpha value is -1.51. The van der Waals surface area contributed by atoms with Gasteiger partial charge >= 0.3 is 0 Å². The highest BCUT2D eigenvalue weighted by Gasteiger charge is 2.02. The lowest BCUT2D eigenvalue weighted by Gasteiger charge is -2.09. The monoisotopic (exact) mass is 190 g/mol. The molecule has 0 aliphatic carbocycles. The van der Waals surface area contributed by atoms with Gasteiger partial charge in [-0.1, -0.05) is 35.4 Å². The van der Waals surface area contributed by atoms with E-state index in [1.807, 2.05) is 30.3 Å². The van der Waals surface area contributed by atoms with Crippen LogP contribution in [0, 0.1) is 0 Å². The number of rotatable bonds is 5. The second-order valence-electron chi connectivity index (χ2n) is 3.19. The summed E-state index contributed by atoms with van der Waals surface area (Å²) in [6, 6.07) is 10.1. The van der Waals surface area contributed by atoms with Gasteiger partial charge in [-0.05, 0) is 23.9 Å². The fourth-order valence-corrected chi connectivity index (χ4v) is 1.29. The summed E-state index contributed by atoms with van der Waals surface area (Å²) in [6.07, 6.45) is 1.57. The first-order valence-electron chi connectivity index (χ1n) is 4.63. The lowest BCUT2D eigenvalue weighted by Crippen LogP contribution is -2.23. The van der Waals surface area contributed by atoms with Crippen LogP contribution in [0.15, 0.2) is 35.4 Å². The summed E-state index contributed by atoms with van der Waals surface area (Å²) in [5, 5.41) is 3.45. The molecule has 14 heavy (non-hydrogen) atoms. The molecule has 0 saturated carbocycles. The molecule has 1 unspecified atom stereocenters. The summed E-state index contributed by atoms with van der Waals surface area (Å²) in [5.41, 5.74) is 15.2. The van der Waals surface area contributed by atoms with E-state index in [0.717, 1.165) is 12.8 Å². The Kier molecular flexibility index (Phi) is 4.55. The van der Waals surface area contributed by atoms with Crippen LogP contribution in [-0.4, -0.2) is 12.6 Å². The molecular formula is C10H14N4. The Morgan fingerprint density at radius 2 is 2.07 bits per heavy atom. The zero-order valence-electron chi connectivity index (χ0n) is 8.00. The van der Waals surface area contributed by atoms with Crippen molar-refractivity contribution in [3.8, 4) is 0 Å². The quantitative estimate of drug-likeness (QED) is 0.431. The number of nitrogens with zero attached hydrogens (tertiary/aromatic N) is 3. The van der Waals surface area contributed by atoms with Crippen molar-refractivity contribution in [3.05, 3.63) is 46.3 Å². The minimum Gasteiger partial charge on any atom is -0.327 e. The Bertz CT molecular complexity index is 303. The van der Waals surface area contributed by atoms with Crippen LogP contribution in [-0.2, 0) is 6.42 Å². The minimum atomic E-state index is 0.0721. The molecule has 1 aromatic rings. The van der Waals surface area contributed by atoms with Crippen LogP contribution in [0.5, 0.6) is 0 Å². The molecule has 0 amide bonds.